The zero-order valence-electron chi connectivity index (χ0n) is 17.2. The van der Waals surface area contributed by atoms with Crippen molar-refractivity contribution in [1.29, 1.82) is 0 Å². The van der Waals surface area contributed by atoms with Gasteiger partial charge in [0.1, 0.15) is 0 Å². The van der Waals surface area contributed by atoms with E-state index in [1.54, 1.807) is 0 Å². The number of rotatable bonds is 21. The Morgan fingerprint density at radius 2 is 1.04 bits per heavy atom. The van der Waals surface area contributed by atoms with Crippen molar-refractivity contribution in [2.75, 3.05) is 19.0 Å². The minimum absolute atomic E-state index is 0.119. The molecule has 0 amide bonds. The van der Waals surface area contributed by atoms with Crippen LogP contribution in [0.15, 0.2) is 0 Å². The summed E-state index contributed by atoms with van der Waals surface area (Å²) in [4.78, 5) is 0. The van der Waals surface area contributed by atoms with Crippen LogP contribution < -0.4 is 0 Å². The van der Waals surface area contributed by atoms with E-state index >= 15 is 0 Å². The average Bonchev–Trinajstić information content (AvgIpc) is 2.62. The first kappa shape index (κ1) is 25.8. The maximum Gasteiger partial charge on any atom is 0.267 e. The molecule has 0 atom stereocenters. The highest BCUT2D eigenvalue weighted by molar-refractivity contribution is 7.86. The van der Waals surface area contributed by atoms with Crippen molar-refractivity contribution < 1.29 is 17.0 Å². The second-order valence-corrected chi connectivity index (χ2v) is 9.19. The number of alkyl halides is 1. The van der Waals surface area contributed by atoms with Crippen LogP contribution in [0.4, 0.5) is 4.39 Å². The van der Waals surface area contributed by atoms with Gasteiger partial charge in [-0.15, -0.1) is 0 Å². The summed E-state index contributed by atoms with van der Waals surface area (Å²) in [5.41, 5.74) is 0. The van der Waals surface area contributed by atoms with Crippen LogP contribution in [-0.4, -0.2) is 27.5 Å². The Morgan fingerprint density at radius 3 is 1.54 bits per heavy atom. The van der Waals surface area contributed by atoms with Gasteiger partial charge in [-0.05, 0) is 19.3 Å². The van der Waals surface area contributed by atoms with Crippen molar-refractivity contribution in [2.45, 2.75) is 116 Å². The molecule has 0 radical (unpaired) electrons. The third kappa shape index (κ3) is 20.2. The molecule has 0 spiro atoms. The second kappa shape index (κ2) is 19.6. The lowest BCUT2D eigenvalue weighted by atomic mass is 10.1. The molecule has 0 aliphatic carbocycles. The molecule has 0 aliphatic heterocycles. The second-order valence-electron chi connectivity index (χ2n) is 7.43. The van der Waals surface area contributed by atoms with E-state index in [1.165, 1.54) is 57.8 Å². The normalized spacial score (nSPS) is 11.9. The molecule has 158 valence electrons. The Kier molecular flexibility index (Phi) is 19.5. The zero-order chi connectivity index (χ0) is 19.3. The van der Waals surface area contributed by atoms with Gasteiger partial charge in [-0.2, -0.15) is 8.42 Å². The largest absolute Gasteiger partial charge is 0.270 e. The molecule has 0 rings (SSSR count). The maximum absolute atomic E-state index is 11.9. The first-order valence-electron chi connectivity index (χ1n) is 11.1. The minimum atomic E-state index is -3.35. The van der Waals surface area contributed by atoms with Gasteiger partial charge in [0, 0.05) is 0 Å². The van der Waals surface area contributed by atoms with Crippen molar-refractivity contribution in [2.24, 2.45) is 0 Å². The van der Waals surface area contributed by atoms with Gasteiger partial charge in [0.05, 0.1) is 19.0 Å². The smallest absolute Gasteiger partial charge is 0.267 e. The minimum Gasteiger partial charge on any atom is -0.270 e. The fourth-order valence-corrected chi connectivity index (χ4v) is 4.14. The van der Waals surface area contributed by atoms with Crippen molar-refractivity contribution in [3.8, 4) is 0 Å². The summed E-state index contributed by atoms with van der Waals surface area (Å²) in [7, 11) is -3.35. The van der Waals surface area contributed by atoms with Crippen LogP contribution in [0.2, 0.25) is 0 Å². The molecule has 0 aliphatic rings. The van der Waals surface area contributed by atoms with E-state index in [4.69, 9.17) is 4.18 Å². The van der Waals surface area contributed by atoms with E-state index in [2.05, 4.69) is 6.92 Å². The molecule has 0 aromatic carbocycles. The number of unbranched alkanes of at least 4 members (excludes halogenated alkanes) is 15. The number of halogens is 1. The van der Waals surface area contributed by atoms with Gasteiger partial charge >= 0.3 is 0 Å². The van der Waals surface area contributed by atoms with Crippen LogP contribution in [0.1, 0.15) is 116 Å². The standard InChI is InChI=1S/C21H43FO3S/c1-2-3-4-5-6-7-8-9-11-14-17-20-25-26(23,24)21-18-15-12-10-13-16-19-22/h2-21H2,1H3. The summed E-state index contributed by atoms with van der Waals surface area (Å²) in [5.74, 6) is 0.119. The molecule has 5 heteroatoms. The van der Waals surface area contributed by atoms with Crippen molar-refractivity contribution in [3.05, 3.63) is 0 Å². The quantitative estimate of drug-likeness (QED) is 0.156. The molecule has 0 saturated heterocycles. The fraction of sp³-hybridized carbons (Fsp3) is 1.00. The van der Waals surface area contributed by atoms with E-state index < -0.39 is 10.1 Å². The maximum atomic E-state index is 11.9. The predicted molar refractivity (Wildman–Crippen MR) is 110 cm³/mol. The monoisotopic (exact) mass is 394 g/mol. The first-order valence-corrected chi connectivity index (χ1v) is 12.6. The summed E-state index contributed by atoms with van der Waals surface area (Å²) in [6.45, 7) is 2.32. The molecule has 26 heavy (non-hydrogen) atoms. The Balaban J connectivity index is 3.32. The SMILES string of the molecule is CCCCCCCCCCCCCOS(=O)(=O)CCCCCCCCF. The molecule has 0 aromatic heterocycles. The van der Waals surface area contributed by atoms with Crippen LogP contribution in [0.5, 0.6) is 0 Å². The molecule has 0 heterocycles. The highest BCUT2D eigenvalue weighted by atomic mass is 32.2. The third-order valence-electron chi connectivity index (χ3n) is 4.79. The van der Waals surface area contributed by atoms with Crippen LogP contribution >= 0.6 is 0 Å². The Labute approximate surface area is 162 Å². The summed E-state index contributed by atoms with van der Waals surface area (Å²) in [6.07, 6.45) is 18.8. The van der Waals surface area contributed by atoms with Crippen molar-refractivity contribution in [1.82, 2.24) is 0 Å². The lowest BCUT2D eigenvalue weighted by molar-refractivity contribution is 0.305. The van der Waals surface area contributed by atoms with Gasteiger partial charge in [0.25, 0.3) is 10.1 Å². The van der Waals surface area contributed by atoms with Crippen molar-refractivity contribution in [3.63, 3.8) is 0 Å². The Hall–Kier alpha value is -0.160. The molecule has 3 nitrogen and oxygen atoms in total. The van der Waals surface area contributed by atoms with Gasteiger partial charge < -0.3 is 0 Å². The summed E-state index contributed by atoms with van der Waals surface area (Å²) < 4.78 is 40.6. The summed E-state index contributed by atoms with van der Waals surface area (Å²) in [6, 6.07) is 0. The van der Waals surface area contributed by atoms with Gasteiger partial charge in [-0.25, -0.2) is 0 Å². The van der Waals surface area contributed by atoms with E-state index in [-0.39, 0.29) is 12.4 Å². The molecule has 0 N–H and O–H groups in total. The summed E-state index contributed by atoms with van der Waals surface area (Å²) in [5, 5.41) is 0. The molecule has 0 unspecified atom stereocenters. The number of hydrogen-bond acceptors (Lipinski definition) is 3. The van der Waals surface area contributed by atoms with Crippen LogP contribution in [0.3, 0.4) is 0 Å². The topological polar surface area (TPSA) is 43.4 Å². The van der Waals surface area contributed by atoms with E-state index in [1.807, 2.05) is 0 Å². The van der Waals surface area contributed by atoms with E-state index in [0.29, 0.717) is 19.4 Å². The van der Waals surface area contributed by atoms with Gasteiger partial charge in [-0.3, -0.25) is 8.57 Å². The molecule has 0 saturated carbocycles. The van der Waals surface area contributed by atoms with E-state index in [9.17, 15) is 12.8 Å². The predicted octanol–water partition coefficient (Wildman–Crippen LogP) is 6.95. The van der Waals surface area contributed by atoms with Crippen LogP contribution in [0.25, 0.3) is 0 Å². The number of hydrogen-bond donors (Lipinski definition) is 0. The first-order chi connectivity index (χ1) is 12.6. The summed E-state index contributed by atoms with van der Waals surface area (Å²) >= 11 is 0. The third-order valence-corrected chi connectivity index (χ3v) is 6.10. The highest BCUT2D eigenvalue weighted by Crippen LogP contribution is 2.12. The highest BCUT2D eigenvalue weighted by Gasteiger charge is 2.10. The van der Waals surface area contributed by atoms with Gasteiger partial charge in [0.15, 0.2) is 0 Å². The van der Waals surface area contributed by atoms with Gasteiger partial charge in [-0.1, -0.05) is 96.8 Å². The molecule has 0 fully saturated rings. The average molecular weight is 395 g/mol. The van der Waals surface area contributed by atoms with Crippen molar-refractivity contribution >= 4 is 10.1 Å². The van der Waals surface area contributed by atoms with Crippen LogP contribution in [-0.2, 0) is 14.3 Å². The molecule has 0 bridgehead atoms. The van der Waals surface area contributed by atoms with E-state index in [0.717, 1.165) is 38.5 Å². The Morgan fingerprint density at radius 1 is 0.615 bits per heavy atom. The fourth-order valence-electron chi connectivity index (χ4n) is 3.09. The van der Waals surface area contributed by atoms with Crippen LogP contribution in [0, 0.1) is 0 Å². The zero-order valence-corrected chi connectivity index (χ0v) is 18.0. The molecular formula is C21H43FO3S. The lowest BCUT2D eigenvalue weighted by Gasteiger charge is -2.06. The molecular weight excluding hydrogens is 351 g/mol. The lowest BCUT2D eigenvalue weighted by Crippen LogP contribution is -2.11. The van der Waals surface area contributed by atoms with Gasteiger partial charge in [0.2, 0.25) is 0 Å². The molecule has 0 aromatic rings. The Bertz CT molecular complexity index is 371.